The molecule has 7 nitrogen and oxygen atoms in total. The Bertz CT molecular complexity index is 1200. The number of halogens is 1. The fraction of sp³-hybridized carbons (Fsp3) is 0.429. The van der Waals surface area contributed by atoms with E-state index in [0.717, 1.165) is 23.3 Å². The molecule has 4 rings (SSSR count). The molecule has 0 aliphatic carbocycles. The Morgan fingerprint density at radius 1 is 1.00 bits per heavy atom. The summed E-state index contributed by atoms with van der Waals surface area (Å²) in [4.78, 5) is 1.86. The number of rotatable bonds is 5. The predicted molar refractivity (Wildman–Crippen MR) is 113 cm³/mol. The summed E-state index contributed by atoms with van der Waals surface area (Å²) in [6.45, 7) is 0.934. The van der Waals surface area contributed by atoms with Crippen molar-refractivity contribution in [1.82, 2.24) is 4.90 Å². The van der Waals surface area contributed by atoms with Crippen molar-refractivity contribution in [3.8, 4) is 11.5 Å². The second-order valence-electron chi connectivity index (χ2n) is 7.88. The average Bonchev–Trinajstić information content (AvgIpc) is 3.09. The molecule has 0 saturated carbocycles. The molecular formula is C21H24FNO6S2. The molecular weight excluding hydrogens is 445 g/mol. The van der Waals surface area contributed by atoms with Crippen molar-refractivity contribution in [2.45, 2.75) is 29.2 Å². The lowest BCUT2D eigenvalue weighted by Crippen LogP contribution is -2.48. The number of hydrogen-bond acceptors (Lipinski definition) is 7. The summed E-state index contributed by atoms with van der Waals surface area (Å²) in [5.41, 5.74) is 2.01. The van der Waals surface area contributed by atoms with Crippen LogP contribution in [0.3, 0.4) is 0 Å². The van der Waals surface area contributed by atoms with Crippen molar-refractivity contribution in [2.75, 3.05) is 32.3 Å². The van der Waals surface area contributed by atoms with E-state index >= 15 is 0 Å². The first-order valence-electron chi connectivity index (χ1n) is 9.82. The van der Waals surface area contributed by atoms with Crippen LogP contribution in [0, 0.1) is 5.82 Å². The predicted octanol–water partition coefficient (Wildman–Crippen LogP) is 1.84. The van der Waals surface area contributed by atoms with Crippen LogP contribution in [0.25, 0.3) is 0 Å². The lowest BCUT2D eigenvalue weighted by atomic mass is 9.97. The number of ether oxygens (including phenoxy) is 2. The molecule has 0 aromatic heterocycles. The van der Waals surface area contributed by atoms with Crippen molar-refractivity contribution in [3.63, 3.8) is 0 Å². The molecule has 1 saturated heterocycles. The van der Waals surface area contributed by atoms with E-state index in [1.807, 2.05) is 17.0 Å². The number of fused-ring (bicyclic) bond motifs is 1. The Kier molecular flexibility index (Phi) is 5.74. The Balaban J connectivity index is 1.67. The number of benzene rings is 2. The monoisotopic (exact) mass is 469 g/mol. The zero-order valence-electron chi connectivity index (χ0n) is 17.2. The van der Waals surface area contributed by atoms with Crippen molar-refractivity contribution < 1.29 is 30.7 Å². The first-order chi connectivity index (χ1) is 14.6. The maximum absolute atomic E-state index is 13.3. The fourth-order valence-electron chi connectivity index (χ4n) is 4.42. The van der Waals surface area contributed by atoms with Crippen LogP contribution in [-0.4, -0.2) is 65.3 Å². The molecule has 2 atom stereocenters. The Morgan fingerprint density at radius 3 is 2.23 bits per heavy atom. The number of sulfone groups is 2. The van der Waals surface area contributed by atoms with Crippen LogP contribution in [-0.2, 0) is 32.6 Å². The largest absolute Gasteiger partial charge is 0.493 e. The summed E-state index contributed by atoms with van der Waals surface area (Å²) >= 11 is 0. The molecule has 0 bridgehead atoms. The molecule has 0 amide bonds. The summed E-state index contributed by atoms with van der Waals surface area (Å²) in [6.07, 6.45) is 0.634. The van der Waals surface area contributed by atoms with Crippen LogP contribution in [0.2, 0.25) is 0 Å². The zero-order chi connectivity index (χ0) is 22.4. The standard InChI is InChI=1S/C21H24FNO6S2/c1-28-19-9-14-7-8-23(11-15(14)10-20(19)29-2)18-12-30(24,25)13-21(18)31(26,27)17-5-3-16(22)4-6-17/h3-6,9-10,18,21H,7-8,11-13H2,1-2H3/t18-,21-/m1/s1. The molecule has 10 heteroatoms. The molecule has 168 valence electrons. The van der Waals surface area contributed by atoms with Crippen LogP contribution in [0.5, 0.6) is 11.5 Å². The lowest BCUT2D eigenvalue weighted by molar-refractivity contribution is 0.195. The van der Waals surface area contributed by atoms with Gasteiger partial charge in [0.15, 0.2) is 31.2 Å². The van der Waals surface area contributed by atoms with Gasteiger partial charge in [0.25, 0.3) is 0 Å². The first kappa shape index (κ1) is 22.0. The smallest absolute Gasteiger partial charge is 0.183 e. The molecule has 0 spiro atoms. The maximum atomic E-state index is 13.3. The Hall–Kier alpha value is -2.17. The van der Waals surface area contributed by atoms with Gasteiger partial charge in [-0.25, -0.2) is 21.2 Å². The van der Waals surface area contributed by atoms with Gasteiger partial charge < -0.3 is 9.47 Å². The second-order valence-corrected chi connectivity index (χ2v) is 12.2. The van der Waals surface area contributed by atoms with E-state index in [1.165, 1.54) is 12.1 Å². The van der Waals surface area contributed by atoms with Crippen molar-refractivity contribution in [2.24, 2.45) is 0 Å². The summed E-state index contributed by atoms with van der Waals surface area (Å²) in [5, 5.41) is -1.11. The highest BCUT2D eigenvalue weighted by Crippen LogP contribution is 2.36. The molecule has 1 fully saturated rings. The van der Waals surface area contributed by atoms with E-state index in [1.54, 1.807) is 14.2 Å². The van der Waals surface area contributed by atoms with E-state index in [9.17, 15) is 21.2 Å². The van der Waals surface area contributed by atoms with Crippen LogP contribution >= 0.6 is 0 Å². The van der Waals surface area contributed by atoms with Crippen molar-refractivity contribution in [1.29, 1.82) is 0 Å². The van der Waals surface area contributed by atoms with Gasteiger partial charge in [-0.15, -0.1) is 0 Å². The molecule has 0 unspecified atom stereocenters. The SMILES string of the molecule is COc1cc2c(cc1OC)CN([C@@H]1CS(=O)(=O)C[C@H]1S(=O)(=O)c1ccc(F)cc1)CC2. The number of methoxy groups -OCH3 is 2. The molecule has 31 heavy (non-hydrogen) atoms. The van der Waals surface area contributed by atoms with Crippen LogP contribution < -0.4 is 9.47 Å². The van der Waals surface area contributed by atoms with Crippen LogP contribution in [0.1, 0.15) is 11.1 Å². The fourth-order valence-corrected chi connectivity index (χ4v) is 9.25. The topological polar surface area (TPSA) is 90.0 Å². The average molecular weight is 470 g/mol. The molecule has 2 aliphatic heterocycles. The molecule has 0 radical (unpaired) electrons. The van der Waals surface area contributed by atoms with E-state index in [2.05, 4.69) is 0 Å². The summed E-state index contributed by atoms with van der Waals surface area (Å²) in [7, 11) is -4.39. The molecule has 0 N–H and O–H groups in total. The van der Waals surface area contributed by atoms with Gasteiger partial charge in [0.2, 0.25) is 0 Å². The third-order valence-electron chi connectivity index (χ3n) is 6.03. The molecule has 2 aromatic rings. The Morgan fingerprint density at radius 2 is 1.61 bits per heavy atom. The quantitative estimate of drug-likeness (QED) is 0.617. The van der Waals surface area contributed by atoms with E-state index in [4.69, 9.17) is 9.47 Å². The minimum atomic E-state index is -3.96. The summed E-state index contributed by atoms with van der Waals surface area (Å²) < 4.78 is 75.5. The third-order valence-corrected chi connectivity index (χ3v) is 10.2. The second kappa shape index (κ2) is 8.07. The van der Waals surface area contributed by atoms with Crippen LogP contribution in [0.4, 0.5) is 4.39 Å². The normalized spacial score (nSPS) is 23.3. The summed E-state index contributed by atoms with van der Waals surface area (Å²) in [6, 6.07) is 7.60. The van der Waals surface area contributed by atoms with E-state index in [-0.39, 0.29) is 10.6 Å². The van der Waals surface area contributed by atoms with Gasteiger partial charge >= 0.3 is 0 Å². The minimum Gasteiger partial charge on any atom is -0.493 e. The molecule has 2 aliphatic rings. The zero-order valence-corrected chi connectivity index (χ0v) is 18.9. The van der Waals surface area contributed by atoms with E-state index < -0.39 is 42.5 Å². The summed E-state index contributed by atoms with van der Waals surface area (Å²) in [5.74, 6) is -0.0213. The van der Waals surface area contributed by atoms with Gasteiger partial charge in [-0.1, -0.05) is 0 Å². The van der Waals surface area contributed by atoms with Crippen molar-refractivity contribution in [3.05, 3.63) is 53.3 Å². The third kappa shape index (κ3) is 4.16. The highest BCUT2D eigenvalue weighted by atomic mass is 32.2. The highest BCUT2D eigenvalue weighted by molar-refractivity contribution is 7.96. The lowest BCUT2D eigenvalue weighted by Gasteiger charge is -2.36. The molecule has 2 aromatic carbocycles. The number of hydrogen-bond donors (Lipinski definition) is 0. The van der Waals surface area contributed by atoms with Gasteiger partial charge in [0.1, 0.15) is 5.82 Å². The van der Waals surface area contributed by atoms with Crippen LogP contribution in [0.15, 0.2) is 41.3 Å². The number of nitrogens with zero attached hydrogens (tertiary/aromatic N) is 1. The first-order valence-corrected chi connectivity index (χ1v) is 13.2. The van der Waals surface area contributed by atoms with Gasteiger partial charge in [-0.05, 0) is 53.9 Å². The van der Waals surface area contributed by atoms with Gasteiger partial charge in [0.05, 0.1) is 35.9 Å². The minimum absolute atomic E-state index is 0.0650. The maximum Gasteiger partial charge on any atom is 0.183 e. The molecule has 2 heterocycles. The van der Waals surface area contributed by atoms with Crippen molar-refractivity contribution >= 4 is 19.7 Å². The van der Waals surface area contributed by atoms with Gasteiger partial charge in [0, 0.05) is 19.1 Å². The van der Waals surface area contributed by atoms with Gasteiger partial charge in [-0.2, -0.15) is 0 Å². The Labute approximate surface area is 181 Å². The highest BCUT2D eigenvalue weighted by Gasteiger charge is 2.48. The van der Waals surface area contributed by atoms with Gasteiger partial charge in [-0.3, -0.25) is 4.90 Å². The van der Waals surface area contributed by atoms with E-state index in [0.29, 0.717) is 31.0 Å².